The van der Waals surface area contributed by atoms with Crippen LogP contribution in [0.3, 0.4) is 0 Å². The highest BCUT2D eigenvalue weighted by Crippen LogP contribution is 2.21. The topological polar surface area (TPSA) is 12.5 Å². The summed E-state index contributed by atoms with van der Waals surface area (Å²) in [5.74, 6) is 0. The quantitative estimate of drug-likeness (QED) is 0.767. The number of nitrogens with zero attached hydrogens (tertiary/aromatic N) is 1. The van der Waals surface area contributed by atoms with Crippen molar-refractivity contribution >= 4 is 17.4 Å². The minimum atomic E-state index is 0.339. The normalized spacial score (nSPS) is 16.1. The fourth-order valence-corrected chi connectivity index (χ4v) is 2.84. The largest absolute Gasteiger partial charge is 0.468 e. The van der Waals surface area contributed by atoms with E-state index in [9.17, 15) is 0 Å². The van der Waals surface area contributed by atoms with Gasteiger partial charge in [-0.15, -0.1) is 0 Å². The molecule has 0 N–H and O–H groups in total. The Morgan fingerprint density at radius 1 is 1.21 bits per heavy atom. The lowest BCUT2D eigenvalue weighted by molar-refractivity contribution is 0.119. The van der Waals surface area contributed by atoms with Crippen LogP contribution in [-0.4, -0.2) is 22.7 Å². The molecule has 3 heteroatoms. The second-order valence-electron chi connectivity index (χ2n) is 5.14. The SMILES string of the molecule is CCN(Cc1ccccc1)C(=S)OC1CCCCC1. The number of hydrogen-bond donors (Lipinski definition) is 0. The molecule has 0 spiro atoms. The maximum absolute atomic E-state index is 5.97. The van der Waals surface area contributed by atoms with E-state index < -0.39 is 0 Å². The molecule has 1 saturated carbocycles. The van der Waals surface area contributed by atoms with E-state index in [0.29, 0.717) is 11.3 Å². The van der Waals surface area contributed by atoms with Crippen molar-refractivity contribution in [3.8, 4) is 0 Å². The molecule has 1 aliphatic carbocycles. The van der Waals surface area contributed by atoms with Crippen LogP contribution in [0.1, 0.15) is 44.6 Å². The number of rotatable bonds is 4. The summed E-state index contributed by atoms with van der Waals surface area (Å²) in [5.41, 5.74) is 1.28. The minimum Gasteiger partial charge on any atom is -0.468 e. The Morgan fingerprint density at radius 2 is 1.89 bits per heavy atom. The van der Waals surface area contributed by atoms with Crippen LogP contribution < -0.4 is 0 Å². The summed E-state index contributed by atoms with van der Waals surface area (Å²) in [5, 5.41) is 0.665. The Bertz CT molecular complexity index is 387. The van der Waals surface area contributed by atoms with Crippen molar-refractivity contribution in [3.05, 3.63) is 35.9 Å². The molecule has 0 heterocycles. The van der Waals surface area contributed by atoms with E-state index in [0.717, 1.165) is 25.9 Å². The number of ether oxygens (including phenoxy) is 1. The van der Waals surface area contributed by atoms with E-state index in [1.54, 1.807) is 0 Å². The van der Waals surface area contributed by atoms with Crippen LogP contribution in [0.25, 0.3) is 0 Å². The third-order valence-corrected chi connectivity index (χ3v) is 4.03. The Kier molecular flexibility index (Phi) is 5.64. The van der Waals surface area contributed by atoms with Crippen LogP contribution in [0.2, 0.25) is 0 Å². The van der Waals surface area contributed by atoms with Crippen molar-refractivity contribution in [1.82, 2.24) is 4.90 Å². The molecule has 0 radical (unpaired) electrons. The van der Waals surface area contributed by atoms with Gasteiger partial charge in [-0.05, 0) is 50.4 Å². The van der Waals surface area contributed by atoms with Gasteiger partial charge in [-0.3, -0.25) is 0 Å². The van der Waals surface area contributed by atoms with E-state index in [-0.39, 0.29) is 0 Å². The minimum absolute atomic E-state index is 0.339. The molecule has 0 amide bonds. The monoisotopic (exact) mass is 277 g/mol. The fraction of sp³-hybridized carbons (Fsp3) is 0.562. The summed E-state index contributed by atoms with van der Waals surface area (Å²) in [6, 6.07) is 10.4. The maximum Gasteiger partial charge on any atom is 0.259 e. The van der Waals surface area contributed by atoms with Gasteiger partial charge in [0.15, 0.2) is 0 Å². The zero-order valence-corrected chi connectivity index (χ0v) is 12.5. The van der Waals surface area contributed by atoms with Gasteiger partial charge in [-0.2, -0.15) is 0 Å². The van der Waals surface area contributed by atoms with Gasteiger partial charge in [-0.25, -0.2) is 0 Å². The summed E-state index contributed by atoms with van der Waals surface area (Å²) < 4.78 is 5.97. The standard InChI is InChI=1S/C16H23NOS/c1-2-17(13-14-9-5-3-6-10-14)16(19)18-15-11-7-4-8-12-15/h3,5-6,9-10,15H,2,4,7-8,11-13H2,1H3. The van der Waals surface area contributed by atoms with Crippen LogP contribution in [-0.2, 0) is 11.3 Å². The molecular formula is C16H23NOS. The van der Waals surface area contributed by atoms with Crippen molar-refractivity contribution in [1.29, 1.82) is 0 Å². The zero-order valence-electron chi connectivity index (χ0n) is 11.7. The molecule has 0 aromatic heterocycles. The Hall–Kier alpha value is -1.09. The lowest BCUT2D eigenvalue weighted by atomic mass is 9.98. The van der Waals surface area contributed by atoms with Gasteiger partial charge in [0.1, 0.15) is 6.10 Å². The molecule has 1 aromatic carbocycles. The van der Waals surface area contributed by atoms with Crippen LogP contribution in [0.4, 0.5) is 0 Å². The lowest BCUT2D eigenvalue weighted by Gasteiger charge is -2.29. The summed E-state index contributed by atoms with van der Waals surface area (Å²) in [4.78, 5) is 2.14. The predicted octanol–water partition coefficient (Wildman–Crippen LogP) is 4.14. The third-order valence-electron chi connectivity index (χ3n) is 3.68. The van der Waals surface area contributed by atoms with Crippen molar-refractivity contribution in [2.45, 2.75) is 51.7 Å². The molecule has 1 fully saturated rings. The summed E-state index contributed by atoms with van der Waals surface area (Å²) >= 11 is 5.46. The van der Waals surface area contributed by atoms with Gasteiger partial charge >= 0.3 is 0 Å². The van der Waals surface area contributed by atoms with Gasteiger partial charge in [0.05, 0.1) is 0 Å². The first-order chi connectivity index (χ1) is 9.29. The molecule has 2 rings (SSSR count). The van der Waals surface area contributed by atoms with Crippen LogP contribution in [0, 0.1) is 0 Å². The van der Waals surface area contributed by atoms with E-state index in [1.807, 2.05) is 6.07 Å². The maximum atomic E-state index is 5.97. The molecular weight excluding hydrogens is 254 g/mol. The molecule has 2 nitrogen and oxygen atoms in total. The molecule has 104 valence electrons. The molecule has 0 saturated heterocycles. The van der Waals surface area contributed by atoms with Gasteiger partial charge < -0.3 is 9.64 Å². The first-order valence-corrected chi connectivity index (χ1v) is 7.70. The van der Waals surface area contributed by atoms with Gasteiger partial charge in [0.2, 0.25) is 0 Å². The van der Waals surface area contributed by atoms with Crippen LogP contribution in [0.15, 0.2) is 30.3 Å². The lowest BCUT2D eigenvalue weighted by Crippen LogP contribution is -2.34. The summed E-state index contributed by atoms with van der Waals surface area (Å²) in [7, 11) is 0. The number of benzene rings is 1. The third kappa shape index (κ3) is 4.50. The smallest absolute Gasteiger partial charge is 0.259 e. The first kappa shape index (κ1) is 14.3. The first-order valence-electron chi connectivity index (χ1n) is 7.29. The molecule has 1 aliphatic rings. The van der Waals surface area contributed by atoms with Crippen LogP contribution in [0.5, 0.6) is 0 Å². The molecule has 0 atom stereocenters. The second-order valence-corrected chi connectivity index (χ2v) is 5.49. The highest BCUT2D eigenvalue weighted by Gasteiger charge is 2.18. The average Bonchev–Trinajstić information content (AvgIpc) is 2.47. The summed E-state index contributed by atoms with van der Waals surface area (Å²) in [6.07, 6.45) is 6.54. The van der Waals surface area contributed by atoms with Crippen molar-refractivity contribution in [2.75, 3.05) is 6.54 Å². The molecule has 19 heavy (non-hydrogen) atoms. The second kappa shape index (κ2) is 7.49. The summed E-state index contributed by atoms with van der Waals surface area (Å²) in [6.45, 7) is 3.85. The van der Waals surface area contributed by atoms with E-state index in [2.05, 4.69) is 36.1 Å². The number of thiocarbonyl (C=S) groups is 1. The number of hydrogen-bond acceptors (Lipinski definition) is 2. The van der Waals surface area contributed by atoms with E-state index >= 15 is 0 Å². The predicted molar refractivity (Wildman–Crippen MR) is 83.1 cm³/mol. The van der Waals surface area contributed by atoms with Crippen LogP contribution >= 0.6 is 12.2 Å². The van der Waals surface area contributed by atoms with E-state index in [4.69, 9.17) is 17.0 Å². The molecule has 1 aromatic rings. The zero-order chi connectivity index (χ0) is 13.5. The van der Waals surface area contributed by atoms with Crippen molar-refractivity contribution < 1.29 is 4.74 Å². The average molecular weight is 277 g/mol. The Morgan fingerprint density at radius 3 is 2.53 bits per heavy atom. The Balaban J connectivity index is 1.87. The van der Waals surface area contributed by atoms with Gasteiger partial charge in [0.25, 0.3) is 5.17 Å². The Labute approximate surface area is 121 Å². The highest BCUT2D eigenvalue weighted by molar-refractivity contribution is 7.80. The van der Waals surface area contributed by atoms with Crippen molar-refractivity contribution in [2.24, 2.45) is 0 Å². The molecule has 0 aliphatic heterocycles. The van der Waals surface area contributed by atoms with Gasteiger partial charge in [-0.1, -0.05) is 36.8 Å². The van der Waals surface area contributed by atoms with Crippen molar-refractivity contribution in [3.63, 3.8) is 0 Å². The fourth-order valence-electron chi connectivity index (χ4n) is 2.51. The van der Waals surface area contributed by atoms with E-state index in [1.165, 1.54) is 24.8 Å². The highest BCUT2D eigenvalue weighted by atomic mass is 32.1. The molecule has 0 unspecified atom stereocenters. The van der Waals surface area contributed by atoms with Gasteiger partial charge in [0, 0.05) is 13.1 Å². The molecule has 0 bridgehead atoms.